The van der Waals surface area contributed by atoms with Crippen LogP contribution in [0.4, 0.5) is 11.5 Å². The molecule has 2 aromatic carbocycles. The van der Waals surface area contributed by atoms with E-state index in [0.717, 1.165) is 81.5 Å². The number of pyridine rings is 4. The number of carboxylic acids is 1. The van der Waals surface area contributed by atoms with Gasteiger partial charge in [0.25, 0.3) is 0 Å². The number of aliphatic carboxylic acids is 1. The molecule has 264 valence electrons. The second-order valence-electron chi connectivity index (χ2n) is 14.4. The number of aliphatic hydroxyl groups excluding tert-OH is 1. The van der Waals surface area contributed by atoms with Crippen molar-refractivity contribution in [1.29, 1.82) is 0 Å². The summed E-state index contributed by atoms with van der Waals surface area (Å²) in [6, 6.07) is 21.1. The minimum atomic E-state index is -0.713. The molecule has 0 amide bonds. The number of fused-ring (bicyclic) bond motifs is 2. The number of carbonyl (C=O) groups is 1. The molecule has 2 fully saturated rings. The molecule has 2 saturated heterocycles. The lowest BCUT2D eigenvalue weighted by Gasteiger charge is -2.18. The Morgan fingerprint density at radius 1 is 0.788 bits per heavy atom. The van der Waals surface area contributed by atoms with E-state index in [1.54, 1.807) is 0 Å². The fourth-order valence-corrected chi connectivity index (χ4v) is 7.85. The van der Waals surface area contributed by atoms with Gasteiger partial charge in [0.15, 0.2) is 5.82 Å². The van der Waals surface area contributed by atoms with Crippen LogP contribution in [0, 0.1) is 19.8 Å². The zero-order valence-electron chi connectivity index (χ0n) is 29.6. The van der Waals surface area contributed by atoms with Crippen LogP contribution in [-0.2, 0) is 24.3 Å². The van der Waals surface area contributed by atoms with E-state index in [-0.39, 0.29) is 12.0 Å². The number of anilines is 2. The number of benzene rings is 2. The molecule has 2 aliphatic rings. The SMILES string of the molecule is Cc1c(Cc2nccc3cc(CN4CC[C@@H](C(=O)O)C4)cnc23)cccc1-c1cccc(Nc2nccc3cc(CN4CC[C@H](O)C4)cnc23)c1C. The zero-order chi connectivity index (χ0) is 35.8. The summed E-state index contributed by atoms with van der Waals surface area (Å²) in [4.78, 5) is 35.0. The first kappa shape index (κ1) is 33.8. The van der Waals surface area contributed by atoms with Gasteiger partial charge in [0.05, 0.1) is 23.2 Å². The number of aliphatic hydroxyl groups is 1. The molecule has 0 unspecified atom stereocenters. The zero-order valence-corrected chi connectivity index (χ0v) is 29.6. The van der Waals surface area contributed by atoms with Crippen LogP contribution in [0.1, 0.15) is 46.4 Å². The fourth-order valence-electron chi connectivity index (χ4n) is 7.85. The van der Waals surface area contributed by atoms with Crippen LogP contribution < -0.4 is 5.32 Å². The van der Waals surface area contributed by atoms with Crippen LogP contribution in [0.5, 0.6) is 0 Å². The Labute approximate surface area is 303 Å². The summed E-state index contributed by atoms with van der Waals surface area (Å²) in [5.41, 5.74) is 11.6. The third-order valence-electron chi connectivity index (χ3n) is 10.7. The predicted octanol–water partition coefficient (Wildman–Crippen LogP) is 6.66. The van der Waals surface area contributed by atoms with Gasteiger partial charge in [0.2, 0.25) is 0 Å². The Balaban J connectivity index is 1.02. The molecule has 10 nitrogen and oxygen atoms in total. The monoisotopic (exact) mass is 693 g/mol. The van der Waals surface area contributed by atoms with Gasteiger partial charge >= 0.3 is 5.97 Å². The smallest absolute Gasteiger partial charge is 0.307 e. The van der Waals surface area contributed by atoms with Crippen LogP contribution in [0.3, 0.4) is 0 Å². The molecule has 0 spiro atoms. The molecule has 52 heavy (non-hydrogen) atoms. The second kappa shape index (κ2) is 14.4. The van der Waals surface area contributed by atoms with Crippen LogP contribution in [0.25, 0.3) is 32.9 Å². The van der Waals surface area contributed by atoms with E-state index >= 15 is 0 Å². The quantitative estimate of drug-likeness (QED) is 0.143. The van der Waals surface area contributed by atoms with Crippen molar-refractivity contribution >= 4 is 39.3 Å². The molecule has 4 aromatic heterocycles. The summed E-state index contributed by atoms with van der Waals surface area (Å²) in [6.07, 6.45) is 9.43. The summed E-state index contributed by atoms with van der Waals surface area (Å²) in [5, 5.41) is 25.0. The predicted molar refractivity (Wildman–Crippen MR) is 203 cm³/mol. The molecule has 2 atom stereocenters. The average molecular weight is 694 g/mol. The van der Waals surface area contributed by atoms with Crippen molar-refractivity contribution in [2.45, 2.75) is 52.3 Å². The largest absolute Gasteiger partial charge is 0.481 e. The van der Waals surface area contributed by atoms with E-state index in [1.807, 2.05) is 36.9 Å². The highest BCUT2D eigenvalue weighted by Gasteiger charge is 2.28. The van der Waals surface area contributed by atoms with E-state index in [1.165, 1.54) is 16.7 Å². The van der Waals surface area contributed by atoms with Gasteiger partial charge in [-0.15, -0.1) is 0 Å². The minimum absolute atomic E-state index is 0.240. The molecule has 0 radical (unpaired) electrons. The number of nitrogens with zero attached hydrogens (tertiary/aromatic N) is 6. The van der Waals surface area contributed by atoms with Crippen molar-refractivity contribution in [1.82, 2.24) is 29.7 Å². The summed E-state index contributed by atoms with van der Waals surface area (Å²) in [7, 11) is 0. The van der Waals surface area contributed by atoms with E-state index in [0.29, 0.717) is 38.3 Å². The molecular weight excluding hydrogens is 651 g/mol. The third kappa shape index (κ3) is 6.97. The highest BCUT2D eigenvalue weighted by molar-refractivity contribution is 5.91. The van der Waals surface area contributed by atoms with Crippen molar-refractivity contribution in [3.05, 3.63) is 119 Å². The summed E-state index contributed by atoms with van der Waals surface area (Å²) >= 11 is 0. The van der Waals surface area contributed by atoms with E-state index < -0.39 is 5.97 Å². The van der Waals surface area contributed by atoms with Crippen molar-refractivity contribution in [3.63, 3.8) is 0 Å². The Bertz CT molecular complexity index is 2290. The Kier molecular flexibility index (Phi) is 9.36. The fraction of sp³-hybridized carbons (Fsp3) is 0.310. The van der Waals surface area contributed by atoms with Crippen LogP contribution in [0.15, 0.2) is 85.5 Å². The standard InChI is InChI=1S/C42H43N7O3/c1-26-30(19-38-39-31(9-13-43-38)17-28(20-45-39)22-48-15-11-33(24-48)42(51)52)5-3-6-35(26)36-7-4-8-37(27(36)2)47-41-40-32(10-14-44-41)18-29(21-46-40)23-49-16-12-34(50)25-49/h3-10,13-14,17-18,20-21,33-34,50H,11-12,15-16,19,22-25H2,1-2H3,(H,44,47)(H,51,52)/t33-,34+/m1/s1. The number of likely N-dealkylation sites (tertiary alicyclic amines) is 2. The van der Waals surface area contributed by atoms with Crippen molar-refractivity contribution in [3.8, 4) is 11.1 Å². The van der Waals surface area contributed by atoms with Gasteiger partial charge < -0.3 is 15.5 Å². The second-order valence-corrected chi connectivity index (χ2v) is 14.4. The lowest BCUT2D eigenvalue weighted by Crippen LogP contribution is -2.22. The molecule has 8 rings (SSSR count). The maximum atomic E-state index is 11.4. The maximum absolute atomic E-state index is 11.4. The van der Waals surface area contributed by atoms with Crippen molar-refractivity contribution in [2.75, 3.05) is 31.5 Å². The normalized spacial score (nSPS) is 18.1. The molecule has 2 aliphatic heterocycles. The number of aromatic nitrogens is 4. The van der Waals surface area contributed by atoms with Gasteiger partial charge in [-0.2, -0.15) is 0 Å². The number of β-amino-alcohol motifs (C(OH)–C–C–N with tert-alkyl or cyclic N) is 1. The lowest BCUT2D eigenvalue weighted by molar-refractivity contribution is -0.141. The topological polar surface area (TPSA) is 128 Å². The van der Waals surface area contributed by atoms with E-state index in [2.05, 4.69) is 82.5 Å². The van der Waals surface area contributed by atoms with Crippen LogP contribution >= 0.6 is 0 Å². The van der Waals surface area contributed by atoms with E-state index in [9.17, 15) is 15.0 Å². The summed E-state index contributed by atoms with van der Waals surface area (Å²) in [5.74, 6) is -0.287. The van der Waals surface area contributed by atoms with Crippen molar-refractivity contribution in [2.24, 2.45) is 5.92 Å². The minimum Gasteiger partial charge on any atom is -0.481 e. The number of rotatable bonds is 10. The molecule has 0 aliphatic carbocycles. The Morgan fingerprint density at radius 2 is 1.44 bits per heavy atom. The molecule has 0 saturated carbocycles. The van der Waals surface area contributed by atoms with Crippen molar-refractivity contribution < 1.29 is 15.0 Å². The molecule has 3 N–H and O–H groups in total. The van der Waals surface area contributed by atoms with Gasteiger partial charge in [0.1, 0.15) is 5.52 Å². The molecule has 6 heterocycles. The Hall–Kier alpha value is -5.29. The number of nitrogens with one attached hydrogen (secondary N) is 1. The van der Waals surface area contributed by atoms with Gasteiger partial charge in [-0.05, 0) is 103 Å². The van der Waals surface area contributed by atoms with Crippen LogP contribution in [0.2, 0.25) is 0 Å². The third-order valence-corrected chi connectivity index (χ3v) is 10.7. The number of hydrogen-bond donors (Lipinski definition) is 3. The first-order valence-electron chi connectivity index (χ1n) is 18.1. The molecule has 0 bridgehead atoms. The molecule has 10 heteroatoms. The highest BCUT2D eigenvalue weighted by atomic mass is 16.4. The molecule has 6 aromatic rings. The van der Waals surface area contributed by atoms with Gasteiger partial charge in [0, 0.05) is 80.4 Å². The molecular formula is C42H43N7O3. The summed E-state index contributed by atoms with van der Waals surface area (Å²) < 4.78 is 0. The lowest BCUT2D eigenvalue weighted by atomic mass is 9.91. The summed E-state index contributed by atoms with van der Waals surface area (Å²) in [6.45, 7) is 8.76. The first-order valence-corrected chi connectivity index (χ1v) is 18.1. The first-order chi connectivity index (χ1) is 25.3. The average Bonchev–Trinajstić information content (AvgIpc) is 3.79. The van der Waals surface area contributed by atoms with Gasteiger partial charge in [-0.25, -0.2) is 4.98 Å². The van der Waals surface area contributed by atoms with Crippen LogP contribution in [-0.4, -0.2) is 78.2 Å². The number of hydrogen-bond acceptors (Lipinski definition) is 9. The van der Waals surface area contributed by atoms with Gasteiger partial charge in [-0.3, -0.25) is 29.5 Å². The highest BCUT2D eigenvalue weighted by Crippen LogP contribution is 2.35. The number of carboxylic acid groups (broad SMARTS) is 1. The Morgan fingerprint density at radius 3 is 2.15 bits per heavy atom. The van der Waals surface area contributed by atoms with E-state index in [4.69, 9.17) is 15.0 Å². The van der Waals surface area contributed by atoms with Gasteiger partial charge in [-0.1, -0.05) is 30.3 Å². The maximum Gasteiger partial charge on any atom is 0.307 e.